The molecule has 2 fully saturated rings. The highest BCUT2D eigenvalue weighted by Gasteiger charge is 2.32. The predicted molar refractivity (Wildman–Crippen MR) is 147 cm³/mol. The van der Waals surface area contributed by atoms with Crippen molar-refractivity contribution in [3.8, 4) is 17.0 Å². The number of likely N-dealkylation sites (tertiary alicyclic amines) is 1. The summed E-state index contributed by atoms with van der Waals surface area (Å²) in [6, 6.07) is 9.41. The largest absolute Gasteiger partial charge is 0.485 e. The van der Waals surface area contributed by atoms with Gasteiger partial charge in [0.05, 0.1) is 12.6 Å². The molecule has 39 heavy (non-hydrogen) atoms. The van der Waals surface area contributed by atoms with Crippen molar-refractivity contribution in [3.05, 3.63) is 77.4 Å². The van der Waals surface area contributed by atoms with Crippen molar-refractivity contribution in [2.75, 3.05) is 30.3 Å². The Bertz CT molecular complexity index is 1440. The van der Waals surface area contributed by atoms with E-state index in [4.69, 9.17) is 10.5 Å². The first kappa shape index (κ1) is 25.3. The van der Waals surface area contributed by atoms with E-state index >= 15 is 4.39 Å². The molecule has 3 aromatic rings. The number of fused-ring (bicyclic) bond motifs is 1. The summed E-state index contributed by atoms with van der Waals surface area (Å²) in [6.45, 7) is 5.39. The second kappa shape index (κ2) is 10.3. The van der Waals surface area contributed by atoms with Gasteiger partial charge in [0.15, 0.2) is 11.6 Å². The van der Waals surface area contributed by atoms with E-state index in [2.05, 4.69) is 39.6 Å². The Morgan fingerprint density at radius 3 is 2.74 bits per heavy atom. The molecule has 2 aromatic carbocycles. The van der Waals surface area contributed by atoms with Crippen molar-refractivity contribution >= 4 is 17.4 Å². The maximum Gasteiger partial charge on any atom is 0.246 e. The van der Waals surface area contributed by atoms with Gasteiger partial charge in [-0.25, -0.2) is 14.4 Å². The number of anilines is 2. The summed E-state index contributed by atoms with van der Waals surface area (Å²) >= 11 is 0. The third-order valence-corrected chi connectivity index (χ3v) is 8.09. The number of ether oxygens (including phenoxy) is 1. The van der Waals surface area contributed by atoms with Gasteiger partial charge >= 0.3 is 0 Å². The normalized spacial score (nSPS) is 18.4. The molecule has 8 nitrogen and oxygen atoms in total. The molecule has 1 aromatic heterocycles. The molecular formula is C30H32FN5O3. The molecule has 3 heterocycles. The molecule has 6 rings (SSSR count). The van der Waals surface area contributed by atoms with E-state index in [1.165, 1.54) is 54.1 Å². The van der Waals surface area contributed by atoms with Crippen LogP contribution in [0.3, 0.4) is 0 Å². The number of hydrogen-bond donors (Lipinski definition) is 2. The minimum Gasteiger partial charge on any atom is -0.485 e. The van der Waals surface area contributed by atoms with Gasteiger partial charge in [-0.05, 0) is 66.5 Å². The highest BCUT2D eigenvalue weighted by molar-refractivity contribution is 5.88. The lowest BCUT2D eigenvalue weighted by Crippen LogP contribution is -2.53. The fourth-order valence-electron chi connectivity index (χ4n) is 5.65. The van der Waals surface area contributed by atoms with E-state index in [0.29, 0.717) is 48.1 Å². The van der Waals surface area contributed by atoms with Crippen LogP contribution in [0.2, 0.25) is 0 Å². The number of nitrogens with zero attached hydrogens (tertiary/aromatic N) is 4. The molecule has 1 amide bonds. The zero-order valence-electron chi connectivity index (χ0n) is 21.8. The number of carbonyl (C=O) groups is 1. The van der Waals surface area contributed by atoms with E-state index in [9.17, 15) is 9.90 Å². The number of amides is 1. The number of aliphatic hydroxyl groups excluding tert-OH is 1. The maximum atomic E-state index is 15.1. The lowest BCUT2D eigenvalue weighted by molar-refractivity contribution is -0.134. The number of benzene rings is 2. The predicted octanol–water partition coefficient (Wildman–Crippen LogP) is 3.96. The van der Waals surface area contributed by atoms with Crippen molar-refractivity contribution in [2.24, 2.45) is 0 Å². The van der Waals surface area contributed by atoms with Gasteiger partial charge in [0, 0.05) is 36.4 Å². The van der Waals surface area contributed by atoms with Crippen LogP contribution in [0.1, 0.15) is 47.4 Å². The van der Waals surface area contributed by atoms with Gasteiger partial charge in [-0.3, -0.25) is 4.79 Å². The summed E-state index contributed by atoms with van der Waals surface area (Å²) in [4.78, 5) is 24.3. The van der Waals surface area contributed by atoms with Crippen molar-refractivity contribution in [1.82, 2.24) is 14.9 Å². The average Bonchev–Trinajstić information content (AvgIpc) is 3.78. The zero-order valence-corrected chi connectivity index (χ0v) is 21.8. The Morgan fingerprint density at radius 1 is 1.18 bits per heavy atom. The monoisotopic (exact) mass is 529 g/mol. The number of nitrogens with two attached hydrogens (primary N) is 1. The second-order valence-electron chi connectivity index (χ2n) is 10.5. The average molecular weight is 530 g/mol. The minimum atomic E-state index is -0.447. The van der Waals surface area contributed by atoms with E-state index in [1.807, 2.05) is 0 Å². The Kier molecular flexibility index (Phi) is 6.68. The third kappa shape index (κ3) is 4.83. The molecule has 9 heteroatoms. The van der Waals surface area contributed by atoms with Crippen molar-refractivity contribution < 1.29 is 19.0 Å². The van der Waals surface area contributed by atoms with Gasteiger partial charge < -0.3 is 25.4 Å². The van der Waals surface area contributed by atoms with Gasteiger partial charge in [0.25, 0.3) is 0 Å². The molecule has 0 unspecified atom stereocenters. The lowest BCUT2D eigenvalue weighted by atomic mass is 9.94. The van der Waals surface area contributed by atoms with Gasteiger partial charge in [-0.15, -0.1) is 0 Å². The van der Waals surface area contributed by atoms with Crippen LogP contribution in [-0.4, -0.2) is 51.6 Å². The van der Waals surface area contributed by atoms with Gasteiger partial charge in [-0.2, -0.15) is 0 Å². The molecule has 3 aliphatic rings. The van der Waals surface area contributed by atoms with Crippen molar-refractivity contribution in [2.45, 2.75) is 50.8 Å². The Hall–Kier alpha value is -3.98. The van der Waals surface area contributed by atoms with E-state index in [1.54, 1.807) is 4.90 Å². The highest BCUT2D eigenvalue weighted by atomic mass is 19.1. The third-order valence-electron chi connectivity index (χ3n) is 8.09. The molecule has 0 spiro atoms. The van der Waals surface area contributed by atoms with Crippen LogP contribution >= 0.6 is 0 Å². The number of aliphatic hydroxyl groups is 1. The molecule has 0 bridgehead atoms. The van der Waals surface area contributed by atoms with Crippen LogP contribution in [-0.2, 0) is 24.4 Å². The highest BCUT2D eigenvalue weighted by Crippen LogP contribution is 2.42. The van der Waals surface area contributed by atoms with E-state index in [0.717, 1.165) is 12.8 Å². The van der Waals surface area contributed by atoms with Crippen LogP contribution in [0, 0.1) is 5.82 Å². The first-order chi connectivity index (χ1) is 19.0. The number of halogens is 1. The van der Waals surface area contributed by atoms with Crippen LogP contribution in [0.4, 0.5) is 15.9 Å². The SMILES string of the molecule is C=CC(=O)N1CC[C@H]1COc1c(N)ncnc1-c1cc(F)cc(N2CCc3cc(C4CC4)ccc3C2)c1CO. The number of nitrogen functional groups attached to an aromatic ring is 1. The van der Waals surface area contributed by atoms with Gasteiger partial charge in [-0.1, -0.05) is 24.8 Å². The number of carbonyl (C=O) groups excluding carboxylic acids is 1. The molecule has 2 aliphatic heterocycles. The van der Waals surface area contributed by atoms with E-state index < -0.39 is 5.82 Å². The Balaban J connectivity index is 1.31. The summed E-state index contributed by atoms with van der Waals surface area (Å²) in [5.41, 5.74) is 12.0. The standard InChI is InChI=1S/C30H32FN5O3/c1-2-27(38)36-10-8-23(36)16-39-29-28(33-17-34-30(29)32)24-12-22(31)13-26(25(24)15-37)35-9-7-20-11-19(18-3-4-18)5-6-21(20)14-35/h2,5-6,11-13,17-18,23,37H,1,3-4,7-10,14-16H2,(H2,32,33,34)/t23-/m0/s1. The van der Waals surface area contributed by atoms with Crippen LogP contribution < -0.4 is 15.4 Å². The van der Waals surface area contributed by atoms with Crippen LogP contribution in [0.5, 0.6) is 5.75 Å². The minimum absolute atomic E-state index is 0.106. The van der Waals surface area contributed by atoms with Crippen LogP contribution in [0.15, 0.2) is 49.3 Å². The number of rotatable bonds is 8. The van der Waals surface area contributed by atoms with Crippen molar-refractivity contribution in [3.63, 3.8) is 0 Å². The lowest BCUT2D eigenvalue weighted by Gasteiger charge is -2.40. The van der Waals surface area contributed by atoms with Gasteiger partial charge in [0.2, 0.25) is 5.91 Å². The molecule has 3 N–H and O–H groups in total. The Morgan fingerprint density at radius 2 is 2.03 bits per heavy atom. The smallest absolute Gasteiger partial charge is 0.246 e. The van der Waals surface area contributed by atoms with E-state index in [-0.39, 0.29) is 36.7 Å². The molecular weight excluding hydrogens is 497 g/mol. The fourth-order valence-corrected chi connectivity index (χ4v) is 5.65. The second-order valence-corrected chi connectivity index (χ2v) is 10.5. The summed E-state index contributed by atoms with van der Waals surface area (Å²) in [5.74, 6) is 0.410. The maximum absolute atomic E-state index is 15.1. The van der Waals surface area contributed by atoms with Crippen molar-refractivity contribution in [1.29, 1.82) is 0 Å². The van der Waals surface area contributed by atoms with Gasteiger partial charge in [0.1, 0.15) is 24.4 Å². The summed E-state index contributed by atoms with van der Waals surface area (Å²) in [6.07, 6.45) is 6.75. The molecule has 1 saturated heterocycles. The molecule has 1 aliphatic carbocycles. The number of aromatic nitrogens is 2. The molecule has 1 atom stereocenters. The Labute approximate surface area is 226 Å². The molecule has 202 valence electrons. The summed E-state index contributed by atoms with van der Waals surface area (Å²) in [7, 11) is 0. The first-order valence-corrected chi connectivity index (χ1v) is 13.4. The molecule has 0 radical (unpaired) electrons. The summed E-state index contributed by atoms with van der Waals surface area (Å²) < 4.78 is 21.2. The topological polar surface area (TPSA) is 105 Å². The summed E-state index contributed by atoms with van der Waals surface area (Å²) in [5, 5.41) is 10.5. The zero-order chi connectivity index (χ0) is 27.1. The quantitative estimate of drug-likeness (QED) is 0.426. The van der Waals surface area contributed by atoms with Crippen LogP contribution in [0.25, 0.3) is 11.3 Å². The number of hydrogen-bond acceptors (Lipinski definition) is 7. The molecule has 1 saturated carbocycles. The first-order valence-electron chi connectivity index (χ1n) is 13.4. The fraction of sp³-hybridized carbons (Fsp3) is 0.367.